The molecule has 0 aliphatic carbocycles. The molecular weight excluding hydrogens is 544 g/mol. The maximum absolute atomic E-state index is 12.7. The smallest absolute Gasteiger partial charge is 0.261 e. The summed E-state index contributed by atoms with van der Waals surface area (Å²) in [5, 5.41) is 2.92. The van der Waals surface area contributed by atoms with Gasteiger partial charge in [0.2, 0.25) is 0 Å². The molecule has 3 aromatic rings. The van der Waals surface area contributed by atoms with Crippen molar-refractivity contribution >= 4 is 49.1 Å². The summed E-state index contributed by atoms with van der Waals surface area (Å²) in [6.45, 7) is 3.98. The highest BCUT2D eigenvalue weighted by Gasteiger charge is 2.17. The average molecular weight is 568 g/mol. The molecule has 0 aromatic heterocycles. The molecule has 1 atom stereocenters. The van der Waals surface area contributed by atoms with E-state index >= 15 is 0 Å². The van der Waals surface area contributed by atoms with E-state index in [0.29, 0.717) is 18.0 Å². The number of hydrogen-bond donors (Lipinski definition) is 2. The fourth-order valence-corrected chi connectivity index (χ4v) is 4.68. The van der Waals surface area contributed by atoms with E-state index in [9.17, 15) is 13.2 Å². The van der Waals surface area contributed by atoms with Crippen LogP contribution in [0.15, 0.2) is 76.1 Å². The van der Waals surface area contributed by atoms with E-state index < -0.39 is 10.0 Å². The van der Waals surface area contributed by atoms with Crippen LogP contribution < -0.4 is 19.5 Å². The van der Waals surface area contributed by atoms with Crippen LogP contribution in [0.25, 0.3) is 0 Å². The summed E-state index contributed by atoms with van der Waals surface area (Å²) in [7, 11) is -3.87. The van der Waals surface area contributed by atoms with Crippen LogP contribution in [0.4, 0.5) is 5.69 Å². The second-order valence-corrected chi connectivity index (χ2v) is 10.3. The lowest BCUT2D eigenvalue weighted by Gasteiger charge is -2.15. The SMILES string of the molecule is CCOc1ccc(NS(=O)(=O)c2ccc(OCC(=O)NC(C)c3ccc(Br)cc3)c(Cl)c2)cc1. The van der Waals surface area contributed by atoms with E-state index in [4.69, 9.17) is 21.1 Å². The van der Waals surface area contributed by atoms with Gasteiger partial charge >= 0.3 is 0 Å². The highest BCUT2D eigenvalue weighted by atomic mass is 79.9. The second-order valence-electron chi connectivity index (χ2n) is 7.28. The van der Waals surface area contributed by atoms with Crippen molar-refractivity contribution in [1.82, 2.24) is 5.32 Å². The zero-order chi connectivity index (χ0) is 24.7. The van der Waals surface area contributed by atoms with E-state index in [1.165, 1.54) is 18.2 Å². The van der Waals surface area contributed by atoms with Gasteiger partial charge in [-0.15, -0.1) is 0 Å². The van der Waals surface area contributed by atoms with Gasteiger partial charge in [0.1, 0.15) is 11.5 Å². The van der Waals surface area contributed by atoms with Crippen LogP contribution in [0.3, 0.4) is 0 Å². The van der Waals surface area contributed by atoms with Gasteiger partial charge in [0.25, 0.3) is 15.9 Å². The molecule has 2 N–H and O–H groups in total. The van der Waals surface area contributed by atoms with Crippen molar-refractivity contribution in [1.29, 1.82) is 0 Å². The first-order valence-corrected chi connectivity index (χ1v) is 13.1. The Balaban J connectivity index is 1.59. The zero-order valence-corrected chi connectivity index (χ0v) is 21.7. The number of sulfonamides is 1. The highest BCUT2D eigenvalue weighted by Crippen LogP contribution is 2.28. The molecule has 0 aliphatic heterocycles. The standard InChI is InChI=1S/C24H24BrClN2O5S/c1-3-32-20-10-8-19(9-11-20)28-34(30,31)21-12-13-23(22(26)14-21)33-15-24(29)27-16(2)17-4-6-18(25)7-5-17/h4-14,16,28H,3,15H2,1-2H3,(H,27,29). The molecule has 3 rings (SSSR count). The first-order valence-electron chi connectivity index (χ1n) is 10.4. The first kappa shape index (κ1) is 25.9. The van der Waals surface area contributed by atoms with Gasteiger partial charge in [-0.3, -0.25) is 9.52 Å². The van der Waals surface area contributed by atoms with Crippen LogP contribution in [-0.4, -0.2) is 27.5 Å². The number of rotatable bonds is 10. The quantitative estimate of drug-likeness (QED) is 0.335. The largest absolute Gasteiger partial charge is 0.494 e. The minimum atomic E-state index is -3.87. The molecule has 34 heavy (non-hydrogen) atoms. The van der Waals surface area contributed by atoms with Gasteiger partial charge in [0, 0.05) is 10.2 Å². The Bertz CT molecular complexity index is 1240. The topological polar surface area (TPSA) is 93.7 Å². The molecule has 180 valence electrons. The highest BCUT2D eigenvalue weighted by molar-refractivity contribution is 9.10. The van der Waals surface area contributed by atoms with E-state index in [0.717, 1.165) is 10.0 Å². The number of nitrogens with one attached hydrogen (secondary N) is 2. The Kier molecular flexibility index (Phi) is 8.82. The Labute approximate surface area is 212 Å². The number of carbonyl (C=O) groups is 1. The summed E-state index contributed by atoms with van der Waals surface area (Å²) in [5.41, 5.74) is 1.33. The van der Waals surface area contributed by atoms with Crippen molar-refractivity contribution in [2.75, 3.05) is 17.9 Å². The minimum Gasteiger partial charge on any atom is -0.494 e. The number of carbonyl (C=O) groups excluding carboxylic acids is 1. The Morgan fingerprint density at radius 1 is 1.03 bits per heavy atom. The lowest BCUT2D eigenvalue weighted by molar-refractivity contribution is -0.123. The van der Waals surface area contributed by atoms with E-state index in [1.54, 1.807) is 24.3 Å². The third kappa shape index (κ3) is 7.12. The van der Waals surface area contributed by atoms with Crippen LogP contribution >= 0.6 is 27.5 Å². The van der Waals surface area contributed by atoms with Gasteiger partial charge < -0.3 is 14.8 Å². The van der Waals surface area contributed by atoms with Gasteiger partial charge in [0.05, 0.1) is 22.6 Å². The lowest BCUT2D eigenvalue weighted by Crippen LogP contribution is -2.31. The zero-order valence-electron chi connectivity index (χ0n) is 18.5. The summed E-state index contributed by atoms with van der Waals surface area (Å²) in [6.07, 6.45) is 0. The molecule has 10 heteroatoms. The van der Waals surface area contributed by atoms with Crippen molar-refractivity contribution in [3.63, 3.8) is 0 Å². The van der Waals surface area contributed by atoms with Crippen molar-refractivity contribution < 1.29 is 22.7 Å². The van der Waals surface area contributed by atoms with E-state index in [1.807, 2.05) is 38.1 Å². The summed E-state index contributed by atoms with van der Waals surface area (Å²) >= 11 is 9.60. The maximum atomic E-state index is 12.7. The van der Waals surface area contributed by atoms with Gasteiger partial charge in [-0.2, -0.15) is 0 Å². The van der Waals surface area contributed by atoms with Crippen molar-refractivity contribution in [2.24, 2.45) is 0 Å². The van der Waals surface area contributed by atoms with Gasteiger partial charge in [-0.25, -0.2) is 8.42 Å². The maximum Gasteiger partial charge on any atom is 0.261 e. The number of amides is 1. The molecule has 0 saturated heterocycles. The molecule has 0 aliphatic rings. The van der Waals surface area contributed by atoms with E-state index in [2.05, 4.69) is 26.0 Å². The third-order valence-corrected chi connectivity index (χ3v) is 6.94. The Hall–Kier alpha value is -2.75. The number of ether oxygens (including phenoxy) is 2. The van der Waals surface area contributed by atoms with Gasteiger partial charge in [0.15, 0.2) is 6.61 Å². The molecular formula is C24H24BrClN2O5S. The number of anilines is 1. The molecule has 1 unspecified atom stereocenters. The molecule has 0 spiro atoms. The fourth-order valence-electron chi connectivity index (χ4n) is 3.03. The monoisotopic (exact) mass is 566 g/mol. The molecule has 1 amide bonds. The number of benzene rings is 3. The lowest BCUT2D eigenvalue weighted by atomic mass is 10.1. The Morgan fingerprint density at radius 3 is 2.32 bits per heavy atom. The fraction of sp³-hybridized carbons (Fsp3) is 0.208. The summed E-state index contributed by atoms with van der Waals surface area (Å²) in [5.74, 6) is 0.513. The van der Waals surface area contributed by atoms with Crippen LogP contribution in [-0.2, 0) is 14.8 Å². The third-order valence-electron chi connectivity index (χ3n) is 4.74. The number of halogens is 2. The van der Waals surface area contributed by atoms with Gasteiger partial charge in [-0.1, -0.05) is 39.7 Å². The van der Waals surface area contributed by atoms with Crippen molar-refractivity contribution in [3.8, 4) is 11.5 Å². The number of hydrogen-bond acceptors (Lipinski definition) is 5. The molecule has 0 bridgehead atoms. The van der Waals surface area contributed by atoms with Crippen molar-refractivity contribution in [3.05, 3.63) is 81.8 Å². The molecule has 7 nitrogen and oxygen atoms in total. The molecule has 0 saturated carbocycles. The molecule has 0 heterocycles. The summed E-state index contributed by atoms with van der Waals surface area (Å²) < 4.78 is 39.7. The predicted octanol–water partition coefficient (Wildman–Crippen LogP) is 5.56. The Morgan fingerprint density at radius 2 is 1.71 bits per heavy atom. The van der Waals surface area contributed by atoms with Crippen LogP contribution in [0.1, 0.15) is 25.5 Å². The van der Waals surface area contributed by atoms with Crippen LogP contribution in [0, 0.1) is 0 Å². The van der Waals surface area contributed by atoms with Crippen LogP contribution in [0.2, 0.25) is 5.02 Å². The first-order chi connectivity index (χ1) is 16.2. The van der Waals surface area contributed by atoms with Crippen LogP contribution in [0.5, 0.6) is 11.5 Å². The predicted molar refractivity (Wildman–Crippen MR) is 136 cm³/mol. The second kappa shape index (κ2) is 11.6. The normalized spacial score (nSPS) is 12.0. The minimum absolute atomic E-state index is 0.0351. The average Bonchev–Trinajstić information content (AvgIpc) is 2.80. The van der Waals surface area contributed by atoms with Crippen molar-refractivity contribution in [2.45, 2.75) is 24.8 Å². The van der Waals surface area contributed by atoms with E-state index in [-0.39, 0.29) is 34.2 Å². The molecule has 0 fully saturated rings. The molecule has 3 aromatic carbocycles. The molecule has 0 radical (unpaired) electrons. The summed E-state index contributed by atoms with van der Waals surface area (Å²) in [4.78, 5) is 12.2. The van der Waals surface area contributed by atoms with Gasteiger partial charge in [-0.05, 0) is 74.0 Å². The summed E-state index contributed by atoms with van der Waals surface area (Å²) in [6, 6.07) is 18.0.